The molecule has 6 nitrogen and oxygen atoms in total. The van der Waals surface area contributed by atoms with Gasteiger partial charge in [0.05, 0.1) is 5.69 Å². The highest BCUT2D eigenvalue weighted by molar-refractivity contribution is 6.03. The number of nitrogens with zero attached hydrogens (tertiary/aromatic N) is 3. The van der Waals surface area contributed by atoms with Crippen molar-refractivity contribution < 1.29 is 4.79 Å². The zero-order valence-electron chi connectivity index (χ0n) is 12.1. The molecule has 110 valence electrons. The Morgan fingerprint density at radius 2 is 1.86 bits per heavy atom. The molecule has 1 aromatic carbocycles. The number of hydrogen-bond donors (Lipinski definition) is 2. The first-order valence-corrected chi connectivity index (χ1v) is 7.28. The van der Waals surface area contributed by atoms with Crippen LogP contribution in [0.3, 0.4) is 0 Å². The van der Waals surface area contributed by atoms with Gasteiger partial charge in [0.25, 0.3) is 5.91 Å². The Bertz CT molecular complexity index is 613. The van der Waals surface area contributed by atoms with Crippen molar-refractivity contribution in [3.05, 3.63) is 35.7 Å². The zero-order valence-corrected chi connectivity index (χ0v) is 12.1. The topological polar surface area (TPSA) is 73.9 Å². The Kier molecular flexibility index (Phi) is 3.85. The van der Waals surface area contributed by atoms with E-state index in [0.29, 0.717) is 11.4 Å². The van der Waals surface area contributed by atoms with E-state index in [1.54, 1.807) is 6.92 Å². The summed E-state index contributed by atoms with van der Waals surface area (Å²) in [7, 11) is 0. The van der Waals surface area contributed by atoms with Gasteiger partial charge in [-0.05, 0) is 50.5 Å². The number of rotatable bonds is 3. The molecule has 1 aliphatic heterocycles. The Balaban J connectivity index is 1.67. The number of aryl methyl sites for hydroxylation is 1. The van der Waals surface area contributed by atoms with Crippen LogP contribution in [-0.4, -0.2) is 34.4 Å². The van der Waals surface area contributed by atoms with E-state index in [-0.39, 0.29) is 5.91 Å². The lowest BCUT2D eigenvalue weighted by Gasteiger charge is -2.28. The lowest BCUT2D eigenvalue weighted by atomic mass is 10.1. The van der Waals surface area contributed by atoms with Crippen molar-refractivity contribution in [2.24, 2.45) is 0 Å². The number of carbonyl (C=O) groups is 1. The van der Waals surface area contributed by atoms with Crippen LogP contribution in [0.2, 0.25) is 0 Å². The molecule has 0 spiro atoms. The number of nitrogens with one attached hydrogen (secondary N) is 2. The average molecular weight is 285 g/mol. The van der Waals surface area contributed by atoms with Crippen molar-refractivity contribution in [2.45, 2.75) is 26.2 Å². The van der Waals surface area contributed by atoms with Gasteiger partial charge in [-0.2, -0.15) is 15.4 Å². The molecular weight excluding hydrogens is 266 g/mol. The molecule has 2 heterocycles. The maximum absolute atomic E-state index is 12.0. The van der Waals surface area contributed by atoms with E-state index < -0.39 is 0 Å². The SMILES string of the molecule is Cc1n[nH]nc1C(=O)Nc1ccc(N2CCCCC2)cc1. The largest absolute Gasteiger partial charge is 0.372 e. The lowest BCUT2D eigenvalue weighted by Crippen LogP contribution is -2.29. The quantitative estimate of drug-likeness (QED) is 0.908. The van der Waals surface area contributed by atoms with Crippen molar-refractivity contribution in [2.75, 3.05) is 23.3 Å². The van der Waals surface area contributed by atoms with E-state index in [2.05, 4.69) is 37.8 Å². The summed E-state index contributed by atoms with van der Waals surface area (Å²) in [6.45, 7) is 3.98. The molecule has 0 atom stereocenters. The van der Waals surface area contributed by atoms with Gasteiger partial charge in [-0.25, -0.2) is 0 Å². The maximum Gasteiger partial charge on any atom is 0.278 e. The third-order valence-electron chi connectivity index (χ3n) is 3.78. The Morgan fingerprint density at radius 1 is 1.14 bits per heavy atom. The first kappa shape index (κ1) is 13.6. The number of carbonyl (C=O) groups excluding carboxylic acids is 1. The molecule has 1 aliphatic rings. The summed E-state index contributed by atoms with van der Waals surface area (Å²) in [6.07, 6.45) is 3.83. The number of aromatic nitrogens is 3. The average Bonchev–Trinajstić information content (AvgIpc) is 2.95. The second kappa shape index (κ2) is 5.95. The number of hydrogen-bond acceptors (Lipinski definition) is 4. The molecule has 0 radical (unpaired) electrons. The summed E-state index contributed by atoms with van der Waals surface area (Å²) < 4.78 is 0. The van der Waals surface area contributed by atoms with Crippen LogP contribution in [0.25, 0.3) is 0 Å². The van der Waals surface area contributed by atoms with Crippen LogP contribution in [0.5, 0.6) is 0 Å². The number of amides is 1. The van der Waals surface area contributed by atoms with Crippen LogP contribution in [-0.2, 0) is 0 Å². The fourth-order valence-corrected chi connectivity index (χ4v) is 2.60. The molecule has 0 bridgehead atoms. The van der Waals surface area contributed by atoms with Crippen molar-refractivity contribution >= 4 is 17.3 Å². The summed E-state index contributed by atoms with van der Waals surface area (Å²) in [6, 6.07) is 7.96. The lowest BCUT2D eigenvalue weighted by molar-refractivity contribution is 0.102. The maximum atomic E-state index is 12.0. The van der Waals surface area contributed by atoms with Crippen LogP contribution in [0.15, 0.2) is 24.3 Å². The van der Waals surface area contributed by atoms with E-state index in [1.807, 2.05) is 12.1 Å². The van der Waals surface area contributed by atoms with Crippen LogP contribution in [0.1, 0.15) is 35.4 Å². The van der Waals surface area contributed by atoms with Gasteiger partial charge < -0.3 is 10.2 Å². The van der Waals surface area contributed by atoms with Crippen LogP contribution in [0, 0.1) is 6.92 Å². The molecule has 2 aromatic rings. The third kappa shape index (κ3) is 3.04. The molecule has 1 aromatic heterocycles. The Labute approximate surface area is 123 Å². The summed E-state index contributed by atoms with van der Waals surface area (Å²) >= 11 is 0. The molecule has 1 saturated heterocycles. The van der Waals surface area contributed by atoms with Crippen molar-refractivity contribution in [1.82, 2.24) is 15.4 Å². The van der Waals surface area contributed by atoms with Gasteiger partial charge in [0.15, 0.2) is 5.69 Å². The zero-order chi connectivity index (χ0) is 14.7. The smallest absolute Gasteiger partial charge is 0.278 e. The molecule has 1 amide bonds. The molecule has 2 N–H and O–H groups in total. The minimum atomic E-state index is -0.244. The third-order valence-corrected chi connectivity index (χ3v) is 3.78. The Morgan fingerprint density at radius 3 is 2.48 bits per heavy atom. The molecule has 3 rings (SSSR count). The van der Waals surface area contributed by atoms with E-state index in [9.17, 15) is 4.79 Å². The van der Waals surface area contributed by atoms with E-state index in [4.69, 9.17) is 0 Å². The first-order valence-electron chi connectivity index (χ1n) is 7.28. The fourth-order valence-electron chi connectivity index (χ4n) is 2.60. The molecule has 21 heavy (non-hydrogen) atoms. The molecule has 6 heteroatoms. The summed E-state index contributed by atoms with van der Waals surface area (Å²) in [5.74, 6) is -0.244. The number of aromatic amines is 1. The highest BCUT2D eigenvalue weighted by Crippen LogP contribution is 2.22. The number of H-pyrrole nitrogens is 1. The molecule has 0 aliphatic carbocycles. The van der Waals surface area contributed by atoms with E-state index in [0.717, 1.165) is 18.8 Å². The van der Waals surface area contributed by atoms with Crippen molar-refractivity contribution in [3.8, 4) is 0 Å². The second-order valence-corrected chi connectivity index (χ2v) is 5.31. The summed E-state index contributed by atoms with van der Waals surface area (Å²) in [5.41, 5.74) is 2.90. The van der Waals surface area contributed by atoms with Gasteiger partial charge in [0.1, 0.15) is 0 Å². The number of anilines is 2. The van der Waals surface area contributed by atoms with Gasteiger partial charge in [-0.3, -0.25) is 4.79 Å². The highest BCUT2D eigenvalue weighted by atomic mass is 16.2. The number of benzene rings is 1. The monoisotopic (exact) mass is 285 g/mol. The minimum absolute atomic E-state index is 0.244. The van der Waals surface area contributed by atoms with Crippen LogP contribution < -0.4 is 10.2 Å². The Hall–Kier alpha value is -2.37. The van der Waals surface area contributed by atoms with Gasteiger partial charge in [0.2, 0.25) is 0 Å². The highest BCUT2D eigenvalue weighted by Gasteiger charge is 2.14. The van der Waals surface area contributed by atoms with Gasteiger partial charge in [0, 0.05) is 24.5 Å². The van der Waals surface area contributed by atoms with Gasteiger partial charge in [-0.15, -0.1) is 0 Å². The molecular formula is C15H19N5O. The number of piperidine rings is 1. The van der Waals surface area contributed by atoms with Crippen LogP contribution >= 0.6 is 0 Å². The van der Waals surface area contributed by atoms with E-state index in [1.165, 1.54) is 24.9 Å². The normalized spacial score (nSPS) is 15.0. The molecule has 0 unspecified atom stereocenters. The van der Waals surface area contributed by atoms with Crippen molar-refractivity contribution in [3.63, 3.8) is 0 Å². The van der Waals surface area contributed by atoms with Gasteiger partial charge in [-0.1, -0.05) is 0 Å². The van der Waals surface area contributed by atoms with E-state index >= 15 is 0 Å². The summed E-state index contributed by atoms with van der Waals surface area (Å²) in [5, 5.41) is 13.0. The predicted octanol–water partition coefficient (Wildman–Crippen LogP) is 2.36. The summed E-state index contributed by atoms with van der Waals surface area (Å²) in [4.78, 5) is 14.4. The predicted molar refractivity (Wildman–Crippen MR) is 81.6 cm³/mol. The fraction of sp³-hybridized carbons (Fsp3) is 0.400. The standard InChI is InChI=1S/C15H19N5O/c1-11-14(18-19-17-11)15(21)16-12-5-7-13(8-6-12)20-9-3-2-4-10-20/h5-8H,2-4,9-10H2,1H3,(H,16,21)(H,17,18,19). The second-order valence-electron chi connectivity index (χ2n) is 5.31. The minimum Gasteiger partial charge on any atom is -0.372 e. The molecule has 0 saturated carbocycles. The molecule has 1 fully saturated rings. The first-order chi connectivity index (χ1) is 10.2. The van der Waals surface area contributed by atoms with Gasteiger partial charge >= 0.3 is 0 Å². The van der Waals surface area contributed by atoms with Crippen LogP contribution in [0.4, 0.5) is 11.4 Å². The van der Waals surface area contributed by atoms with Crippen molar-refractivity contribution in [1.29, 1.82) is 0 Å².